The first-order valence-corrected chi connectivity index (χ1v) is 23.1. The van der Waals surface area contributed by atoms with Crippen LogP contribution >= 0.6 is 0 Å². The lowest BCUT2D eigenvalue weighted by atomic mass is 9.91. The number of hydrogen-bond donors (Lipinski definition) is 6. The fraction of sp³-hybridized carbons (Fsp3) is 0.444. The fourth-order valence-electron chi connectivity index (χ4n) is 7.30. The molecule has 6 aromatic rings. The maximum Gasteiger partial charge on any atom is 0.184 e. The first-order valence-electron chi connectivity index (χ1n) is 23.1. The molecule has 12 heteroatoms. The molecule has 3 fully saturated rings. The number of rotatable bonds is 9. The Balaban J connectivity index is 0.000000208. The van der Waals surface area contributed by atoms with Gasteiger partial charge in [-0.1, -0.05) is 157 Å². The van der Waals surface area contributed by atoms with E-state index in [2.05, 4.69) is 30.3 Å². The molecule has 0 amide bonds. The van der Waals surface area contributed by atoms with Gasteiger partial charge in [0.05, 0.1) is 95.5 Å². The van der Waals surface area contributed by atoms with E-state index in [4.69, 9.17) is 28.4 Å². The van der Waals surface area contributed by atoms with Crippen molar-refractivity contribution in [2.24, 2.45) is 16.2 Å². The second-order valence-electron chi connectivity index (χ2n) is 16.1. The highest BCUT2D eigenvalue weighted by molar-refractivity contribution is 5.99. The molecular weight excluding hydrogens is 841 g/mol. The van der Waals surface area contributed by atoms with Crippen molar-refractivity contribution in [2.75, 3.05) is 79.3 Å². The Morgan fingerprint density at radius 3 is 1.12 bits per heavy atom. The van der Waals surface area contributed by atoms with Gasteiger partial charge in [-0.15, -0.1) is 0 Å². The Morgan fingerprint density at radius 2 is 0.682 bits per heavy atom. The van der Waals surface area contributed by atoms with Gasteiger partial charge in [0, 0.05) is 16.7 Å². The highest BCUT2D eigenvalue weighted by Crippen LogP contribution is 2.37. The van der Waals surface area contributed by atoms with E-state index >= 15 is 0 Å². The summed E-state index contributed by atoms with van der Waals surface area (Å²) in [4.78, 5) is 0. The minimum absolute atomic E-state index is 0.134. The van der Waals surface area contributed by atoms with Crippen molar-refractivity contribution in [3.05, 3.63) is 144 Å². The second kappa shape index (κ2) is 27.4. The van der Waals surface area contributed by atoms with Crippen LogP contribution in [-0.4, -0.2) is 110 Å². The predicted molar refractivity (Wildman–Crippen MR) is 260 cm³/mol. The van der Waals surface area contributed by atoms with Gasteiger partial charge in [0.2, 0.25) is 0 Å². The Kier molecular flexibility index (Phi) is 22.5. The third-order valence-electron chi connectivity index (χ3n) is 11.4. The summed E-state index contributed by atoms with van der Waals surface area (Å²) in [7, 11) is 0. The maximum atomic E-state index is 9.47. The molecule has 12 nitrogen and oxygen atoms in total. The SMILES string of the molecule is CC.CC.CC.OCC1(CO)COC(c2cccc3cc4ccccc4cc23)OC1.OCC1(CO)COC(c2cccc3ccccc23)OC1.OCC1(CO)COC(c2ccccc2)OC1. The zero-order valence-electron chi connectivity index (χ0n) is 39.5. The van der Waals surface area contributed by atoms with Gasteiger partial charge in [-0.05, 0) is 44.5 Å². The molecular formula is C54H72O12. The third kappa shape index (κ3) is 13.4. The molecule has 0 bridgehead atoms. The minimum Gasteiger partial charge on any atom is -0.396 e. The number of aliphatic hydroxyl groups is 6. The monoisotopic (exact) mass is 913 g/mol. The molecule has 0 atom stereocenters. The number of ether oxygens (including phenoxy) is 6. The summed E-state index contributed by atoms with van der Waals surface area (Å²) in [5.41, 5.74) is 0.836. The molecule has 0 spiro atoms. The van der Waals surface area contributed by atoms with Crippen LogP contribution in [0.4, 0.5) is 0 Å². The predicted octanol–water partition coefficient (Wildman–Crippen LogP) is 8.65. The van der Waals surface area contributed by atoms with E-state index in [9.17, 15) is 30.6 Å². The van der Waals surface area contributed by atoms with Crippen LogP contribution in [0.3, 0.4) is 0 Å². The van der Waals surface area contributed by atoms with Crippen LogP contribution in [0, 0.1) is 16.2 Å². The molecule has 3 aliphatic rings. The van der Waals surface area contributed by atoms with Crippen molar-refractivity contribution in [3.63, 3.8) is 0 Å². The number of hydrogen-bond acceptors (Lipinski definition) is 12. The molecule has 0 aromatic heterocycles. The Hall–Kier alpha value is -4.38. The van der Waals surface area contributed by atoms with Crippen LogP contribution in [-0.2, 0) is 28.4 Å². The van der Waals surface area contributed by atoms with Crippen molar-refractivity contribution in [2.45, 2.75) is 60.4 Å². The van der Waals surface area contributed by atoms with Gasteiger partial charge in [0.15, 0.2) is 18.9 Å². The van der Waals surface area contributed by atoms with Crippen molar-refractivity contribution >= 4 is 32.3 Å². The minimum atomic E-state index is -0.715. The first-order chi connectivity index (χ1) is 32.3. The van der Waals surface area contributed by atoms with Crippen LogP contribution < -0.4 is 0 Å². The Morgan fingerprint density at radius 1 is 0.348 bits per heavy atom. The fourth-order valence-corrected chi connectivity index (χ4v) is 7.30. The van der Waals surface area contributed by atoms with E-state index in [1.165, 1.54) is 10.8 Å². The van der Waals surface area contributed by atoms with Gasteiger partial charge >= 0.3 is 0 Å². The van der Waals surface area contributed by atoms with E-state index in [0.717, 1.165) is 38.2 Å². The number of fused-ring (bicyclic) bond motifs is 3. The number of aliphatic hydroxyl groups excluding tert-OH is 6. The van der Waals surface area contributed by atoms with Crippen molar-refractivity contribution in [1.82, 2.24) is 0 Å². The highest BCUT2D eigenvalue weighted by atomic mass is 16.7. The molecule has 0 aliphatic carbocycles. The lowest BCUT2D eigenvalue weighted by molar-refractivity contribution is -0.248. The van der Waals surface area contributed by atoms with Crippen LogP contribution in [0.1, 0.15) is 77.1 Å². The van der Waals surface area contributed by atoms with Crippen molar-refractivity contribution in [3.8, 4) is 0 Å². The van der Waals surface area contributed by atoms with Gasteiger partial charge in [0.25, 0.3) is 0 Å². The summed E-state index contributed by atoms with van der Waals surface area (Å²) in [6, 6.07) is 42.4. The second-order valence-corrected chi connectivity index (χ2v) is 16.1. The van der Waals surface area contributed by atoms with E-state index in [1.807, 2.05) is 139 Å². The zero-order valence-corrected chi connectivity index (χ0v) is 39.5. The average molecular weight is 913 g/mol. The molecule has 0 saturated carbocycles. The number of benzene rings is 6. The summed E-state index contributed by atoms with van der Waals surface area (Å²) in [6.45, 7) is 12.9. The van der Waals surface area contributed by atoms with Crippen LogP contribution in [0.15, 0.2) is 127 Å². The molecule has 360 valence electrons. The average Bonchev–Trinajstić information content (AvgIpc) is 3.42. The molecule has 0 unspecified atom stereocenters. The summed E-state index contributed by atoms with van der Waals surface area (Å²) >= 11 is 0. The largest absolute Gasteiger partial charge is 0.396 e. The standard InChI is InChI=1S/C20H20O4.C16H18O4.C12H16O4.3C2H6/c21-10-20(11-22)12-23-19(24-13-20)17-7-3-6-16-8-14-4-1-2-5-15(14)9-18(16)17;17-8-16(9-18)10-19-15(20-11-16)14-7-3-5-12-4-1-2-6-13(12)14;13-6-12(7-14)8-15-11(16-9-12)10-4-2-1-3-5-10;3*1-2/h1-9,19,21-22H,10-13H2;1-7,15,17-18H,8-11H2;1-5,11,13-14H,6-9H2;3*1-2H3. The topological polar surface area (TPSA) is 177 Å². The van der Waals surface area contributed by atoms with Crippen molar-refractivity contribution in [1.29, 1.82) is 0 Å². The maximum absolute atomic E-state index is 9.47. The third-order valence-corrected chi connectivity index (χ3v) is 11.4. The molecule has 6 aromatic carbocycles. The van der Waals surface area contributed by atoms with Gasteiger partial charge in [0.1, 0.15) is 0 Å². The first kappa shape index (κ1) is 54.2. The molecule has 6 N–H and O–H groups in total. The van der Waals surface area contributed by atoms with E-state index < -0.39 is 35.1 Å². The Bertz CT molecular complexity index is 2240. The lowest BCUT2D eigenvalue weighted by Gasteiger charge is -2.37. The van der Waals surface area contributed by atoms with Crippen LogP contribution in [0.2, 0.25) is 0 Å². The van der Waals surface area contributed by atoms with E-state index in [1.54, 1.807) is 0 Å². The van der Waals surface area contributed by atoms with Gasteiger partial charge in [-0.3, -0.25) is 0 Å². The summed E-state index contributed by atoms with van der Waals surface area (Å²) in [6.07, 6.45) is -1.33. The molecule has 3 aliphatic heterocycles. The smallest absolute Gasteiger partial charge is 0.184 e. The molecule has 3 heterocycles. The molecule has 0 radical (unpaired) electrons. The summed E-state index contributed by atoms with van der Waals surface area (Å²) < 4.78 is 34.2. The molecule has 66 heavy (non-hydrogen) atoms. The quantitative estimate of drug-likeness (QED) is 0.0763. The molecule has 9 rings (SSSR count). The lowest BCUT2D eigenvalue weighted by Crippen LogP contribution is -2.44. The highest BCUT2D eigenvalue weighted by Gasteiger charge is 2.39. The van der Waals surface area contributed by atoms with Gasteiger partial charge in [-0.25, -0.2) is 0 Å². The van der Waals surface area contributed by atoms with Crippen molar-refractivity contribution < 1.29 is 59.1 Å². The Labute approximate surface area is 390 Å². The summed E-state index contributed by atoms with van der Waals surface area (Å²) in [5, 5.41) is 62.8. The van der Waals surface area contributed by atoms with E-state index in [0.29, 0.717) is 13.2 Å². The van der Waals surface area contributed by atoms with E-state index in [-0.39, 0.29) is 66.1 Å². The van der Waals surface area contributed by atoms with Gasteiger partial charge < -0.3 is 59.1 Å². The molecule has 3 saturated heterocycles. The van der Waals surface area contributed by atoms with Crippen LogP contribution in [0.5, 0.6) is 0 Å². The van der Waals surface area contributed by atoms with Crippen LogP contribution in [0.25, 0.3) is 32.3 Å². The normalized spacial score (nSPS) is 17.8. The summed E-state index contributed by atoms with van der Waals surface area (Å²) in [5.74, 6) is 0. The van der Waals surface area contributed by atoms with Gasteiger partial charge in [-0.2, -0.15) is 0 Å². The zero-order chi connectivity index (χ0) is 48.0.